The van der Waals surface area contributed by atoms with Crippen molar-refractivity contribution in [2.45, 2.75) is 51.6 Å². The first kappa shape index (κ1) is 9.85. The lowest BCUT2D eigenvalue weighted by Gasteiger charge is -2.30. The minimum atomic E-state index is 0.549. The van der Waals surface area contributed by atoms with Crippen molar-refractivity contribution >= 4 is 11.8 Å². The van der Waals surface area contributed by atoms with Crippen LogP contribution in [0.4, 0.5) is 0 Å². The maximum Gasteiger partial charge on any atom is 0.0168 e. The van der Waals surface area contributed by atoms with Crippen LogP contribution in [0.15, 0.2) is 0 Å². The molecule has 2 rings (SSSR count). The van der Waals surface area contributed by atoms with E-state index in [-0.39, 0.29) is 0 Å². The lowest BCUT2D eigenvalue weighted by atomic mass is 9.87. The molecule has 0 aromatic carbocycles. The summed E-state index contributed by atoms with van der Waals surface area (Å²) in [6.45, 7) is 4.83. The fourth-order valence-electron chi connectivity index (χ4n) is 2.59. The van der Waals surface area contributed by atoms with Gasteiger partial charge in [0.05, 0.1) is 0 Å². The van der Waals surface area contributed by atoms with Crippen LogP contribution in [0.25, 0.3) is 0 Å². The molecule has 76 valence electrons. The van der Waals surface area contributed by atoms with Gasteiger partial charge < -0.3 is 5.32 Å². The van der Waals surface area contributed by atoms with E-state index in [1.54, 1.807) is 0 Å². The summed E-state index contributed by atoms with van der Waals surface area (Å²) in [5, 5.41) is 3.85. The first-order chi connectivity index (χ1) is 6.18. The van der Waals surface area contributed by atoms with Crippen LogP contribution in [0.1, 0.15) is 39.5 Å². The van der Waals surface area contributed by atoms with E-state index in [9.17, 15) is 0 Å². The van der Waals surface area contributed by atoms with Gasteiger partial charge in [-0.2, -0.15) is 11.8 Å². The molecule has 2 heteroatoms. The first-order valence-corrected chi connectivity index (χ1v) is 6.68. The van der Waals surface area contributed by atoms with E-state index in [1.165, 1.54) is 37.2 Å². The Balaban J connectivity index is 1.86. The van der Waals surface area contributed by atoms with Crippen LogP contribution >= 0.6 is 11.8 Å². The minimum Gasteiger partial charge on any atom is -0.310 e. The Labute approximate surface area is 86.0 Å². The highest BCUT2D eigenvalue weighted by atomic mass is 32.2. The second-order valence-electron chi connectivity index (χ2n) is 5.16. The van der Waals surface area contributed by atoms with Crippen LogP contribution in [0, 0.1) is 5.41 Å². The first-order valence-electron chi connectivity index (χ1n) is 5.52. The molecule has 1 heterocycles. The van der Waals surface area contributed by atoms with Gasteiger partial charge >= 0.3 is 0 Å². The summed E-state index contributed by atoms with van der Waals surface area (Å²) in [5.74, 6) is 2.71. The highest BCUT2D eigenvalue weighted by molar-refractivity contribution is 7.99. The summed E-state index contributed by atoms with van der Waals surface area (Å²) in [6, 6.07) is 1.60. The zero-order valence-electron chi connectivity index (χ0n) is 8.81. The SMILES string of the molecule is CC1(C)CCCC1NC1CCSC1. The topological polar surface area (TPSA) is 12.0 Å². The molecule has 0 amide bonds. The molecule has 1 nitrogen and oxygen atoms in total. The van der Waals surface area contributed by atoms with E-state index in [2.05, 4.69) is 30.9 Å². The van der Waals surface area contributed by atoms with E-state index in [4.69, 9.17) is 0 Å². The van der Waals surface area contributed by atoms with Crippen LogP contribution < -0.4 is 5.32 Å². The predicted octanol–water partition coefficient (Wildman–Crippen LogP) is 2.66. The zero-order valence-corrected chi connectivity index (χ0v) is 9.62. The third-order valence-corrected chi connectivity index (χ3v) is 4.79. The van der Waals surface area contributed by atoms with Crippen molar-refractivity contribution in [1.29, 1.82) is 0 Å². The van der Waals surface area contributed by atoms with Gasteiger partial charge in [-0.05, 0) is 30.4 Å². The van der Waals surface area contributed by atoms with E-state index in [1.807, 2.05) is 0 Å². The van der Waals surface area contributed by atoms with Crippen molar-refractivity contribution in [3.05, 3.63) is 0 Å². The lowest BCUT2D eigenvalue weighted by molar-refractivity contribution is 0.267. The molecule has 2 unspecified atom stereocenters. The molecule has 0 bridgehead atoms. The fraction of sp³-hybridized carbons (Fsp3) is 1.00. The highest BCUT2D eigenvalue weighted by Gasteiger charge is 2.35. The molecule has 1 N–H and O–H groups in total. The smallest absolute Gasteiger partial charge is 0.0168 e. The summed E-state index contributed by atoms with van der Waals surface area (Å²) in [6.07, 6.45) is 5.61. The van der Waals surface area contributed by atoms with Gasteiger partial charge in [0.15, 0.2) is 0 Å². The van der Waals surface area contributed by atoms with Gasteiger partial charge in [-0.25, -0.2) is 0 Å². The summed E-state index contributed by atoms with van der Waals surface area (Å²) in [7, 11) is 0. The van der Waals surface area contributed by atoms with E-state index >= 15 is 0 Å². The lowest BCUT2D eigenvalue weighted by Crippen LogP contribution is -2.43. The average molecular weight is 199 g/mol. The molecule has 1 aliphatic carbocycles. The van der Waals surface area contributed by atoms with Gasteiger partial charge in [-0.15, -0.1) is 0 Å². The molecule has 1 aliphatic heterocycles. The van der Waals surface area contributed by atoms with Crippen molar-refractivity contribution in [1.82, 2.24) is 5.32 Å². The monoisotopic (exact) mass is 199 g/mol. The molecular weight excluding hydrogens is 178 g/mol. The maximum absolute atomic E-state index is 3.85. The predicted molar refractivity (Wildman–Crippen MR) is 60.3 cm³/mol. The van der Waals surface area contributed by atoms with Crippen LogP contribution in [-0.4, -0.2) is 23.6 Å². The second-order valence-corrected chi connectivity index (χ2v) is 6.31. The molecule has 2 atom stereocenters. The van der Waals surface area contributed by atoms with Crippen molar-refractivity contribution in [2.75, 3.05) is 11.5 Å². The van der Waals surface area contributed by atoms with Gasteiger partial charge in [0.2, 0.25) is 0 Å². The molecule has 1 saturated heterocycles. The third-order valence-electron chi connectivity index (χ3n) is 3.62. The van der Waals surface area contributed by atoms with E-state index in [0.29, 0.717) is 5.41 Å². The molecule has 1 saturated carbocycles. The van der Waals surface area contributed by atoms with Crippen molar-refractivity contribution < 1.29 is 0 Å². The minimum absolute atomic E-state index is 0.549. The Kier molecular flexibility index (Phi) is 2.89. The average Bonchev–Trinajstić information content (AvgIpc) is 2.63. The largest absolute Gasteiger partial charge is 0.310 e. The quantitative estimate of drug-likeness (QED) is 0.734. The Morgan fingerprint density at radius 3 is 2.69 bits per heavy atom. The van der Waals surface area contributed by atoms with Crippen LogP contribution in [-0.2, 0) is 0 Å². The van der Waals surface area contributed by atoms with Gasteiger partial charge in [-0.3, -0.25) is 0 Å². The van der Waals surface area contributed by atoms with Gasteiger partial charge in [0, 0.05) is 17.8 Å². The molecule has 0 radical (unpaired) electrons. The van der Waals surface area contributed by atoms with Crippen molar-refractivity contribution in [3.63, 3.8) is 0 Å². The van der Waals surface area contributed by atoms with Crippen molar-refractivity contribution in [2.24, 2.45) is 5.41 Å². The van der Waals surface area contributed by atoms with Crippen molar-refractivity contribution in [3.8, 4) is 0 Å². The highest BCUT2D eigenvalue weighted by Crippen LogP contribution is 2.38. The van der Waals surface area contributed by atoms with E-state index in [0.717, 1.165) is 12.1 Å². The molecule has 0 aromatic heterocycles. The number of thioether (sulfide) groups is 1. The van der Waals surface area contributed by atoms with Gasteiger partial charge in [-0.1, -0.05) is 20.3 Å². The number of rotatable bonds is 2. The summed E-state index contributed by atoms with van der Waals surface area (Å²) in [5.41, 5.74) is 0.549. The van der Waals surface area contributed by atoms with E-state index < -0.39 is 0 Å². The Hall–Kier alpha value is 0.310. The molecular formula is C11H21NS. The molecule has 0 spiro atoms. The Morgan fingerprint density at radius 2 is 2.15 bits per heavy atom. The second kappa shape index (κ2) is 3.82. The number of hydrogen-bond donors (Lipinski definition) is 1. The molecule has 0 aromatic rings. The van der Waals surface area contributed by atoms with Gasteiger partial charge in [0.25, 0.3) is 0 Å². The van der Waals surface area contributed by atoms with Gasteiger partial charge in [0.1, 0.15) is 0 Å². The number of hydrogen-bond acceptors (Lipinski definition) is 2. The van der Waals surface area contributed by atoms with Crippen LogP contribution in [0.2, 0.25) is 0 Å². The Morgan fingerprint density at radius 1 is 1.31 bits per heavy atom. The molecule has 13 heavy (non-hydrogen) atoms. The summed E-state index contributed by atoms with van der Waals surface area (Å²) in [4.78, 5) is 0. The fourth-order valence-corrected chi connectivity index (χ4v) is 3.75. The number of nitrogens with one attached hydrogen (secondary N) is 1. The normalized spacial score (nSPS) is 38.3. The maximum atomic E-state index is 3.85. The Bertz CT molecular complexity index is 173. The molecule has 2 fully saturated rings. The van der Waals surface area contributed by atoms with Crippen LogP contribution in [0.3, 0.4) is 0 Å². The van der Waals surface area contributed by atoms with Crippen LogP contribution in [0.5, 0.6) is 0 Å². The molecule has 2 aliphatic rings. The summed E-state index contributed by atoms with van der Waals surface area (Å²) < 4.78 is 0. The summed E-state index contributed by atoms with van der Waals surface area (Å²) >= 11 is 2.10. The zero-order chi connectivity index (χ0) is 9.31. The standard InChI is InChI=1S/C11H21NS/c1-11(2)6-3-4-10(11)12-9-5-7-13-8-9/h9-10,12H,3-8H2,1-2H3. The third kappa shape index (κ3) is 2.21.